The van der Waals surface area contributed by atoms with E-state index in [0.717, 1.165) is 16.8 Å². The fraction of sp³-hybridized carbons (Fsp3) is 0.429. The Balaban J connectivity index is 2.68. The van der Waals surface area contributed by atoms with Gasteiger partial charge in [0.1, 0.15) is 0 Å². The van der Waals surface area contributed by atoms with Crippen LogP contribution in [0.25, 0.3) is 0 Å². The molecule has 0 fully saturated rings. The van der Waals surface area contributed by atoms with Crippen LogP contribution in [0.1, 0.15) is 18.1 Å². The van der Waals surface area contributed by atoms with Crippen LogP contribution in [-0.4, -0.2) is 35.6 Å². The van der Waals surface area contributed by atoms with Crippen molar-refractivity contribution in [3.05, 3.63) is 29.3 Å². The number of amides is 2. The molecule has 0 aromatic heterocycles. The number of carboxylic acids is 1. The molecule has 1 aromatic carbocycles. The molecular weight excluding hydrogens is 244 g/mol. The van der Waals surface area contributed by atoms with Gasteiger partial charge in [0.2, 0.25) is 0 Å². The lowest BCUT2D eigenvalue weighted by molar-refractivity contribution is -0.141. The molecule has 104 valence electrons. The third-order valence-electron chi connectivity index (χ3n) is 2.95. The largest absolute Gasteiger partial charge is 0.481 e. The number of rotatable bonds is 4. The SMILES string of the molecule is Cc1ccc(C)c(NC(=O)N(C)CC(C)C(=O)O)c1. The molecule has 0 bridgehead atoms. The number of urea groups is 1. The minimum atomic E-state index is -0.911. The molecule has 0 aliphatic heterocycles. The molecule has 0 saturated carbocycles. The number of hydrogen-bond acceptors (Lipinski definition) is 2. The lowest BCUT2D eigenvalue weighted by Gasteiger charge is -2.20. The van der Waals surface area contributed by atoms with E-state index in [1.165, 1.54) is 4.90 Å². The van der Waals surface area contributed by atoms with E-state index < -0.39 is 11.9 Å². The van der Waals surface area contributed by atoms with Gasteiger partial charge in [-0.25, -0.2) is 4.79 Å². The van der Waals surface area contributed by atoms with Crippen LogP contribution in [0.2, 0.25) is 0 Å². The zero-order chi connectivity index (χ0) is 14.6. The van der Waals surface area contributed by atoms with Crippen LogP contribution < -0.4 is 5.32 Å². The summed E-state index contributed by atoms with van der Waals surface area (Å²) in [5, 5.41) is 11.6. The number of aryl methyl sites for hydroxylation is 2. The first kappa shape index (κ1) is 15.0. The maximum Gasteiger partial charge on any atom is 0.321 e. The second-order valence-electron chi connectivity index (χ2n) is 4.87. The van der Waals surface area contributed by atoms with Crippen molar-refractivity contribution < 1.29 is 14.7 Å². The molecule has 1 aromatic rings. The highest BCUT2D eigenvalue weighted by atomic mass is 16.4. The Hall–Kier alpha value is -2.04. The van der Waals surface area contributed by atoms with Gasteiger partial charge in [-0.05, 0) is 31.0 Å². The summed E-state index contributed by atoms with van der Waals surface area (Å²) < 4.78 is 0. The van der Waals surface area contributed by atoms with Gasteiger partial charge in [-0.15, -0.1) is 0 Å². The van der Waals surface area contributed by atoms with Gasteiger partial charge in [-0.2, -0.15) is 0 Å². The Bertz CT molecular complexity index is 486. The number of carbonyl (C=O) groups excluding carboxylic acids is 1. The summed E-state index contributed by atoms with van der Waals surface area (Å²) in [5.41, 5.74) is 2.78. The normalized spacial score (nSPS) is 11.8. The topological polar surface area (TPSA) is 69.6 Å². The number of carboxylic acid groups (broad SMARTS) is 1. The zero-order valence-corrected chi connectivity index (χ0v) is 11.7. The number of nitrogens with zero attached hydrogens (tertiary/aromatic N) is 1. The highest BCUT2D eigenvalue weighted by Crippen LogP contribution is 2.16. The van der Waals surface area contributed by atoms with Gasteiger partial charge in [0.25, 0.3) is 0 Å². The molecule has 2 N–H and O–H groups in total. The van der Waals surface area contributed by atoms with E-state index in [1.807, 2.05) is 32.0 Å². The van der Waals surface area contributed by atoms with Crippen LogP contribution in [0.3, 0.4) is 0 Å². The Morgan fingerprint density at radius 2 is 2.00 bits per heavy atom. The zero-order valence-electron chi connectivity index (χ0n) is 11.7. The van der Waals surface area contributed by atoms with Gasteiger partial charge in [-0.3, -0.25) is 4.79 Å². The first-order chi connectivity index (χ1) is 8.81. The predicted molar refractivity (Wildman–Crippen MR) is 74.4 cm³/mol. The van der Waals surface area contributed by atoms with Crippen LogP contribution >= 0.6 is 0 Å². The fourth-order valence-corrected chi connectivity index (χ4v) is 1.65. The van der Waals surface area contributed by atoms with E-state index in [9.17, 15) is 9.59 Å². The van der Waals surface area contributed by atoms with E-state index in [4.69, 9.17) is 5.11 Å². The summed E-state index contributed by atoms with van der Waals surface area (Å²) in [5.74, 6) is -1.50. The lowest BCUT2D eigenvalue weighted by Crippen LogP contribution is -2.36. The molecule has 19 heavy (non-hydrogen) atoms. The Morgan fingerprint density at radius 1 is 1.37 bits per heavy atom. The molecule has 5 heteroatoms. The van der Waals surface area contributed by atoms with Crippen LogP contribution in [0, 0.1) is 19.8 Å². The Labute approximate surface area is 113 Å². The van der Waals surface area contributed by atoms with Crippen LogP contribution in [0.4, 0.5) is 10.5 Å². The Morgan fingerprint density at radius 3 is 2.58 bits per heavy atom. The summed E-state index contributed by atoms with van der Waals surface area (Å²) in [6.07, 6.45) is 0. The van der Waals surface area contributed by atoms with Crippen LogP contribution in [0.5, 0.6) is 0 Å². The summed E-state index contributed by atoms with van der Waals surface area (Å²) >= 11 is 0. The number of carbonyl (C=O) groups is 2. The van der Waals surface area contributed by atoms with Gasteiger partial charge in [0.05, 0.1) is 5.92 Å². The second kappa shape index (κ2) is 6.22. The first-order valence-electron chi connectivity index (χ1n) is 6.13. The number of nitrogens with one attached hydrogen (secondary N) is 1. The standard InChI is InChI=1S/C14H20N2O3/c1-9-5-6-10(2)12(7-9)15-14(19)16(4)8-11(3)13(17)18/h5-7,11H,8H2,1-4H3,(H,15,19)(H,17,18). The smallest absolute Gasteiger partial charge is 0.321 e. The van der Waals surface area contributed by atoms with Gasteiger partial charge >= 0.3 is 12.0 Å². The van der Waals surface area contributed by atoms with Gasteiger partial charge in [0, 0.05) is 19.3 Å². The monoisotopic (exact) mass is 264 g/mol. The molecule has 1 unspecified atom stereocenters. The molecule has 0 radical (unpaired) electrons. The number of aliphatic carboxylic acids is 1. The van der Waals surface area contributed by atoms with E-state index in [0.29, 0.717) is 0 Å². The molecule has 0 spiro atoms. The molecule has 1 atom stereocenters. The number of benzene rings is 1. The molecular formula is C14H20N2O3. The van der Waals surface area contributed by atoms with E-state index in [-0.39, 0.29) is 12.6 Å². The summed E-state index contributed by atoms with van der Waals surface area (Å²) in [6.45, 7) is 5.61. The third-order valence-corrected chi connectivity index (χ3v) is 2.95. The fourth-order valence-electron chi connectivity index (χ4n) is 1.65. The molecule has 0 aliphatic carbocycles. The number of anilines is 1. The maximum absolute atomic E-state index is 12.0. The van der Waals surface area contributed by atoms with Crippen molar-refractivity contribution in [1.82, 2.24) is 4.90 Å². The highest BCUT2D eigenvalue weighted by molar-refractivity contribution is 5.90. The average Bonchev–Trinajstić information content (AvgIpc) is 2.33. The summed E-state index contributed by atoms with van der Waals surface area (Å²) in [4.78, 5) is 24.1. The van der Waals surface area contributed by atoms with Crippen molar-refractivity contribution >= 4 is 17.7 Å². The Kier molecular flexibility index (Phi) is 4.92. The lowest BCUT2D eigenvalue weighted by atomic mass is 10.1. The maximum atomic E-state index is 12.0. The number of hydrogen-bond donors (Lipinski definition) is 2. The highest BCUT2D eigenvalue weighted by Gasteiger charge is 2.17. The minimum Gasteiger partial charge on any atom is -0.481 e. The van der Waals surface area contributed by atoms with Crippen molar-refractivity contribution in [2.75, 3.05) is 18.9 Å². The van der Waals surface area contributed by atoms with E-state index >= 15 is 0 Å². The van der Waals surface area contributed by atoms with Crippen LogP contribution in [-0.2, 0) is 4.79 Å². The second-order valence-corrected chi connectivity index (χ2v) is 4.87. The molecule has 2 amide bonds. The predicted octanol–water partition coefficient (Wildman–Crippen LogP) is 2.49. The van der Waals surface area contributed by atoms with E-state index in [2.05, 4.69) is 5.32 Å². The third kappa shape index (κ3) is 4.28. The van der Waals surface area contributed by atoms with Crippen molar-refractivity contribution in [3.8, 4) is 0 Å². The summed E-state index contributed by atoms with van der Waals surface area (Å²) in [6, 6.07) is 5.50. The van der Waals surface area contributed by atoms with Crippen molar-refractivity contribution in [1.29, 1.82) is 0 Å². The van der Waals surface area contributed by atoms with E-state index in [1.54, 1.807) is 14.0 Å². The molecule has 1 rings (SSSR count). The average molecular weight is 264 g/mol. The van der Waals surface area contributed by atoms with Gasteiger partial charge in [-0.1, -0.05) is 19.1 Å². The molecule has 0 saturated heterocycles. The van der Waals surface area contributed by atoms with Crippen LogP contribution in [0.15, 0.2) is 18.2 Å². The minimum absolute atomic E-state index is 0.173. The van der Waals surface area contributed by atoms with Gasteiger partial charge in [0.15, 0.2) is 0 Å². The van der Waals surface area contributed by atoms with Gasteiger partial charge < -0.3 is 15.3 Å². The first-order valence-corrected chi connectivity index (χ1v) is 6.13. The summed E-state index contributed by atoms with van der Waals surface area (Å²) in [7, 11) is 1.58. The molecule has 0 aliphatic rings. The quantitative estimate of drug-likeness (QED) is 0.877. The van der Waals surface area contributed by atoms with Crippen molar-refractivity contribution in [2.24, 2.45) is 5.92 Å². The molecule has 5 nitrogen and oxygen atoms in total. The van der Waals surface area contributed by atoms with Crippen molar-refractivity contribution in [2.45, 2.75) is 20.8 Å². The van der Waals surface area contributed by atoms with Crippen molar-refractivity contribution in [3.63, 3.8) is 0 Å². The molecule has 0 heterocycles.